The molecule has 0 atom stereocenters. The summed E-state index contributed by atoms with van der Waals surface area (Å²) < 4.78 is 3.84. The van der Waals surface area contributed by atoms with Crippen LogP contribution in [0.15, 0.2) is 42.0 Å². The van der Waals surface area contributed by atoms with Gasteiger partial charge in [0.2, 0.25) is 0 Å². The van der Waals surface area contributed by atoms with Crippen molar-refractivity contribution in [1.82, 2.24) is 0 Å². The van der Waals surface area contributed by atoms with Crippen molar-refractivity contribution in [1.29, 1.82) is 0 Å². The molecule has 0 spiro atoms. The van der Waals surface area contributed by atoms with Gasteiger partial charge in [-0.3, -0.25) is 0 Å². The van der Waals surface area contributed by atoms with Crippen molar-refractivity contribution < 1.29 is 48.0 Å². The molecule has 4 aliphatic carbocycles. The Bertz CT molecular complexity index is 509. The van der Waals surface area contributed by atoms with Crippen molar-refractivity contribution in [2.75, 3.05) is 0 Å². The molecule has 0 aromatic rings. The van der Waals surface area contributed by atoms with E-state index >= 15 is 0 Å². The summed E-state index contributed by atoms with van der Waals surface area (Å²) in [5, 5.41) is 0. The fourth-order valence-corrected chi connectivity index (χ4v) is 8.66. The summed E-state index contributed by atoms with van der Waals surface area (Å²) in [7, 11) is 0. The largest absolute Gasteiger partial charge is 1.00 e. The molecule has 0 aliphatic heterocycles. The number of rotatable bonds is 6. The predicted octanol–water partition coefficient (Wildman–Crippen LogP) is 0.666. The quantitative estimate of drug-likeness (QED) is 0.551. The van der Waals surface area contributed by atoms with Crippen LogP contribution >= 0.6 is 0 Å². The SMILES string of the molecule is C1=CC(CC2CCCC2)=[C]([Zr+2][C]2=C(CC3CCCC3)C=CC2)C1.[Cl-].[Cl-]. The fourth-order valence-electron chi connectivity index (χ4n) is 4.98. The van der Waals surface area contributed by atoms with Gasteiger partial charge in [-0.1, -0.05) is 0 Å². The molecule has 2 saturated carbocycles. The zero-order valence-corrected chi connectivity index (χ0v) is 19.2. The molecule has 0 bridgehead atoms. The molecule has 0 N–H and O–H groups in total. The van der Waals surface area contributed by atoms with Gasteiger partial charge < -0.3 is 24.8 Å². The maximum atomic E-state index is 2.49. The molecular weight excluding hydrogens is 426 g/mol. The molecule has 2 fully saturated rings. The maximum Gasteiger partial charge on any atom is -1.00 e. The molecule has 4 rings (SSSR count). The Hall–Kier alpha value is 0.423. The molecule has 3 heteroatoms. The Labute approximate surface area is 178 Å². The van der Waals surface area contributed by atoms with E-state index in [1.807, 2.05) is 6.56 Å². The third-order valence-corrected chi connectivity index (χ3v) is 10.4. The van der Waals surface area contributed by atoms with Crippen LogP contribution < -0.4 is 24.8 Å². The number of allylic oxidation sites excluding steroid dienone is 8. The number of halogens is 2. The first-order chi connectivity index (χ1) is 11.4. The van der Waals surface area contributed by atoms with E-state index in [0.717, 1.165) is 11.8 Å². The summed E-state index contributed by atoms with van der Waals surface area (Å²) in [6.07, 6.45) is 27.2. The molecule has 0 unspecified atom stereocenters. The van der Waals surface area contributed by atoms with E-state index in [9.17, 15) is 0 Å². The van der Waals surface area contributed by atoms with E-state index in [1.165, 1.54) is 77.0 Å². The van der Waals surface area contributed by atoms with Gasteiger partial charge >= 0.3 is 154 Å². The molecule has 0 heterocycles. The van der Waals surface area contributed by atoms with Crippen LogP contribution in [0.3, 0.4) is 0 Å². The minimum Gasteiger partial charge on any atom is -1.00 e. The van der Waals surface area contributed by atoms with Crippen LogP contribution in [0.25, 0.3) is 0 Å². The van der Waals surface area contributed by atoms with Crippen LogP contribution in [-0.2, 0) is 23.2 Å². The second-order valence-electron chi connectivity index (χ2n) is 8.05. The third-order valence-electron chi connectivity index (χ3n) is 6.33. The van der Waals surface area contributed by atoms with Crippen molar-refractivity contribution in [3.63, 3.8) is 0 Å². The Kier molecular flexibility index (Phi) is 9.28. The van der Waals surface area contributed by atoms with Crippen LogP contribution in [0.4, 0.5) is 0 Å². The Morgan fingerprint density at radius 2 is 1.08 bits per heavy atom. The molecule has 136 valence electrons. The summed E-state index contributed by atoms with van der Waals surface area (Å²) in [5.74, 6) is 2.02. The van der Waals surface area contributed by atoms with Crippen molar-refractivity contribution in [2.24, 2.45) is 11.8 Å². The molecule has 0 radical (unpaired) electrons. The standard InChI is InChI=1S/2C11H15.2ClH.Zr/c2*1-2-6-10(5-1)9-11-7-3-4-8-11;;;/h2*1,5,11H,2-4,7-9H2;2*1H;/q;;;;+2/p-2. The first kappa shape index (κ1) is 21.7. The van der Waals surface area contributed by atoms with E-state index in [1.54, 1.807) is 11.1 Å². The van der Waals surface area contributed by atoms with Gasteiger partial charge in [-0.05, 0) is 0 Å². The average molecular weight is 457 g/mol. The summed E-state index contributed by atoms with van der Waals surface area (Å²) in [6.45, 7) is 0. The van der Waals surface area contributed by atoms with E-state index in [0.29, 0.717) is 0 Å². The van der Waals surface area contributed by atoms with Crippen LogP contribution in [0.2, 0.25) is 0 Å². The van der Waals surface area contributed by atoms with Gasteiger partial charge in [-0.2, -0.15) is 0 Å². The second-order valence-corrected chi connectivity index (χ2v) is 11.6. The monoisotopic (exact) mass is 454 g/mol. The third kappa shape index (κ3) is 5.70. The molecule has 25 heavy (non-hydrogen) atoms. The van der Waals surface area contributed by atoms with Crippen molar-refractivity contribution in [3.8, 4) is 0 Å². The Morgan fingerprint density at radius 1 is 0.680 bits per heavy atom. The van der Waals surface area contributed by atoms with Crippen molar-refractivity contribution in [2.45, 2.75) is 77.0 Å². The Morgan fingerprint density at radius 3 is 1.48 bits per heavy atom. The van der Waals surface area contributed by atoms with E-state index < -0.39 is 23.2 Å². The van der Waals surface area contributed by atoms with Crippen LogP contribution in [0, 0.1) is 11.8 Å². The van der Waals surface area contributed by atoms with E-state index in [-0.39, 0.29) is 24.8 Å². The van der Waals surface area contributed by atoms with Crippen LogP contribution in [0.1, 0.15) is 77.0 Å². The van der Waals surface area contributed by atoms with Gasteiger partial charge in [-0.15, -0.1) is 0 Å². The minimum absolute atomic E-state index is 0. The van der Waals surface area contributed by atoms with E-state index in [2.05, 4.69) is 24.3 Å². The average Bonchev–Trinajstić information content (AvgIpc) is 3.32. The summed E-state index contributed by atoms with van der Waals surface area (Å²) in [4.78, 5) is 0. The van der Waals surface area contributed by atoms with Crippen LogP contribution in [-0.4, -0.2) is 0 Å². The van der Waals surface area contributed by atoms with Gasteiger partial charge in [0.1, 0.15) is 0 Å². The molecule has 0 aromatic carbocycles. The molecule has 0 aromatic heterocycles. The molecular formula is C22H30Cl2Zr. The normalized spacial score (nSPS) is 23.4. The van der Waals surface area contributed by atoms with Gasteiger partial charge in [0.25, 0.3) is 0 Å². The minimum atomic E-state index is -0.495. The second kappa shape index (κ2) is 10.7. The molecule has 4 aliphatic rings. The first-order valence-corrected chi connectivity index (χ1v) is 12.4. The maximum absolute atomic E-state index is 2.49. The molecule has 0 amide bonds. The zero-order valence-electron chi connectivity index (χ0n) is 15.2. The first-order valence-electron chi connectivity index (χ1n) is 9.92. The molecule has 0 nitrogen and oxygen atoms in total. The van der Waals surface area contributed by atoms with Crippen LogP contribution in [0.5, 0.6) is 0 Å². The summed E-state index contributed by atoms with van der Waals surface area (Å²) in [5.41, 5.74) is 3.56. The van der Waals surface area contributed by atoms with Gasteiger partial charge in [0.05, 0.1) is 0 Å². The summed E-state index contributed by atoms with van der Waals surface area (Å²) >= 11 is -0.495. The molecule has 0 saturated heterocycles. The van der Waals surface area contributed by atoms with E-state index in [4.69, 9.17) is 0 Å². The topological polar surface area (TPSA) is 0 Å². The summed E-state index contributed by atoms with van der Waals surface area (Å²) in [6, 6.07) is 0. The van der Waals surface area contributed by atoms with Gasteiger partial charge in [0, 0.05) is 0 Å². The van der Waals surface area contributed by atoms with Gasteiger partial charge in [-0.25, -0.2) is 0 Å². The Balaban J connectivity index is 0.00000113. The van der Waals surface area contributed by atoms with Gasteiger partial charge in [0.15, 0.2) is 0 Å². The predicted molar refractivity (Wildman–Crippen MR) is 94.7 cm³/mol. The number of hydrogen-bond acceptors (Lipinski definition) is 0. The smallest absolute Gasteiger partial charge is 1.00 e. The fraction of sp³-hybridized carbons (Fsp3) is 0.636. The zero-order chi connectivity index (χ0) is 15.5. The van der Waals surface area contributed by atoms with Crippen molar-refractivity contribution >= 4 is 0 Å². The number of hydrogen-bond donors (Lipinski definition) is 0. The van der Waals surface area contributed by atoms with Crippen molar-refractivity contribution in [3.05, 3.63) is 42.0 Å².